The smallest absolute Gasteiger partial charge is 0.338 e. The third kappa shape index (κ3) is 6.42. The summed E-state index contributed by atoms with van der Waals surface area (Å²) in [4.78, 5) is 10.7. The number of benzene rings is 3. The van der Waals surface area contributed by atoms with E-state index in [9.17, 15) is 41.6 Å². The molecule has 0 amide bonds. The quantitative estimate of drug-likeness (QED) is 0.0546. The summed E-state index contributed by atoms with van der Waals surface area (Å²) in [5, 5.41) is 31.6. The minimum Gasteiger partial charge on any atom is -0.505 e. The summed E-state index contributed by atoms with van der Waals surface area (Å²) >= 11 is 0. The zero-order chi connectivity index (χ0) is 26.7. The number of phenolic OH excluding ortho intramolecular Hbond substituents is 1. The van der Waals surface area contributed by atoms with E-state index in [-0.39, 0.29) is 28.5 Å². The van der Waals surface area contributed by atoms with Crippen molar-refractivity contribution in [1.29, 1.82) is 0 Å². The molecular weight excluding hydrogens is 516 g/mol. The van der Waals surface area contributed by atoms with Gasteiger partial charge in [0.05, 0.1) is 21.0 Å². The van der Waals surface area contributed by atoms with Crippen LogP contribution in [0.15, 0.2) is 85.8 Å². The molecule has 0 spiro atoms. The van der Waals surface area contributed by atoms with Crippen molar-refractivity contribution in [2.24, 2.45) is 15.3 Å². The Morgan fingerprint density at radius 2 is 1.58 bits per heavy atom. The highest BCUT2D eigenvalue weighted by atomic mass is 32.3. The number of carboxylic acid groups (broad SMARTS) is 1. The topological polar surface area (TPSA) is 222 Å². The number of aromatic carboxylic acids is 1. The summed E-state index contributed by atoms with van der Waals surface area (Å²) in [6, 6.07) is 13.3. The summed E-state index contributed by atoms with van der Waals surface area (Å²) in [7, 11) is -8.74. The van der Waals surface area contributed by atoms with E-state index < -0.39 is 42.3 Å². The number of aryl methyl sites for hydroxylation is 1. The van der Waals surface area contributed by atoms with Crippen LogP contribution >= 0.6 is 10.9 Å². The van der Waals surface area contributed by atoms with E-state index in [1.165, 1.54) is 6.92 Å². The van der Waals surface area contributed by atoms with Crippen molar-refractivity contribution in [2.75, 3.05) is 5.43 Å². The van der Waals surface area contributed by atoms with Crippen molar-refractivity contribution in [2.45, 2.75) is 16.7 Å². The molecule has 0 saturated carbocycles. The van der Waals surface area contributed by atoms with Crippen molar-refractivity contribution in [3.63, 3.8) is 0 Å². The minimum atomic E-state index is -4.58. The number of anilines is 1. The number of phenols is 1. The predicted octanol–water partition coefficient (Wildman–Crippen LogP) is 4.79. The Kier molecular flexibility index (Phi) is 7.73. The molecule has 3 rings (SSSR count). The summed E-state index contributed by atoms with van der Waals surface area (Å²) in [6.07, 6.45) is 0. The van der Waals surface area contributed by atoms with Gasteiger partial charge in [-0.2, -0.15) is 13.5 Å². The van der Waals surface area contributed by atoms with Crippen molar-refractivity contribution in [3.05, 3.63) is 77.4 Å². The lowest BCUT2D eigenvalue weighted by atomic mass is 10.2. The molecule has 13 nitrogen and oxygen atoms in total. The number of hydrazone groups is 1. The van der Waals surface area contributed by atoms with Gasteiger partial charge in [-0.1, -0.05) is 30.3 Å². The third-order valence-corrected chi connectivity index (χ3v) is 6.37. The zero-order valence-corrected chi connectivity index (χ0v) is 20.0. The highest BCUT2D eigenvalue weighted by Gasteiger charge is 2.20. The van der Waals surface area contributed by atoms with E-state index >= 15 is 0 Å². The van der Waals surface area contributed by atoms with E-state index in [4.69, 9.17) is 0 Å². The maximum absolute atomic E-state index is 11.6. The molecule has 0 atom stereocenters. The second-order valence-electron chi connectivity index (χ2n) is 7.23. The lowest BCUT2D eigenvalue weighted by Gasteiger charge is -2.19. The average Bonchev–Trinajstić information content (AvgIpc) is 2.80. The Morgan fingerprint density at radius 3 is 2.17 bits per heavy atom. The average molecular weight is 537 g/mol. The van der Waals surface area contributed by atoms with Crippen molar-refractivity contribution >= 4 is 44.2 Å². The first-order valence-corrected chi connectivity index (χ1v) is 12.7. The van der Waals surface area contributed by atoms with Crippen LogP contribution in [0.4, 0.5) is 11.4 Å². The molecule has 0 saturated heterocycles. The van der Waals surface area contributed by atoms with Gasteiger partial charge in [-0.3, -0.25) is 9.98 Å². The molecule has 3 aromatic rings. The van der Waals surface area contributed by atoms with Gasteiger partial charge in [0.1, 0.15) is 22.3 Å². The summed E-state index contributed by atoms with van der Waals surface area (Å²) < 4.78 is 60.6. The molecule has 0 aliphatic heterocycles. The lowest BCUT2D eigenvalue weighted by Crippen LogP contribution is -2.04. The van der Waals surface area contributed by atoms with Crippen molar-refractivity contribution < 1.29 is 41.6 Å². The first kappa shape index (κ1) is 26.7. The molecule has 0 bridgehead atoms. The fraction of sp³-hybridized carbons (Fsp3) is 0.0476. The van der Waals surface area contributed by atoms with Crippen molar-refractivity contribution in [3.8, 4) is 5.75 Å². The van der Waals surface area contributed by atoms with E-state index in [0.717, 1.165) is 30.3 Å². The number of carbonyl (C=O) groups is 1. The monoisotopic (exact) mass is 536 g/mol. The standard InChI is InChI=1S/C21H20N4O9S2/c1-12-9-15(36(32,33)34)11-18(19(12)26)23-25-20(13-5-3-2-4-6-13)24-22-17-8-7-14(35(29,30)31)10-16(17)21(27)28/h2-11,23,26,29-31H,1H3,(H,27,28)(H,32,33,34)/b24-22?,25-20-. The number of hydrogen-bond donors (Lipinski definition) is 7. The fourth-order valence-electron chi connectivity index (χ4n) is 2.87. The lowest BCUT2D eigenvalue weighted by molar-refractivity contribution is 0.0697. The summed E-state index contributed by atoms with van der Waals surface area (Å²) in [5.74, 6) is -1.94. The number of hydrogen-bond acceptors (Lipinski definition) is 10. The van der Waals surface area contributed by atoms with Crippen molar-refractivity contribution in [1.82, 2.24) is 0 Å². The largest absolute Gasteiger partial charge is 0.505 e. The van der Waals surface area contributed by atoms with Gasteiger partial charge in [0.25, 0.3) is 10.1 Å². The van der Waals surface area contributed by atoms with Gasteiger partial charge in [0.2, 0.25) is 5.84 Å². The van der Waals surface area contributed by atoms with E-state index in [1.807, 2.05) is 0 Å². The van der Waals surface area contributed by atoms with Gasteiger partial charge < -0.3 is 23.9 Å². The Morgan fingerprint density at radius 1 is 0.917 bits per heavy atom. The number of amidine groups is 1. The van der Waals surface area contributed by atoms with Crippen LogP contribution < -0.4 is 5.43 Å². The molecular formula is C21H20N4O9S2. The molecule has 0 aromatic heterocycles. The van der Waals surface area contributed by atoms with Gasteiger partial charge >= 0.3 is 5.97 Å². The van der Waals surface area contributed by atoms with Gasteiger partial charge in [0.15, 0.2) is 0 Å². The first-order chi connectivity index (χ1) is 16.8. The number of azo groups is 1. The molecule has 15 heteroatoms. The Bertz CT molecular complexity index is 1470. The fourth-order valence-corrected chi connectivity index (χ4v) is 3.99. The number of nitrogens with zero attached hydrogens (tertiary/aromatic N) is 3. The van der Waals surface area contributed by atoms with E-state index in [0.29, 0.717) is 5.56 Å². The molecule has 0 radical (unpaired) electrons. The Hall–Kier alpha value is -3.86. The molecule has 3 aromatic carbocycles. The normalized spacial score (nSPS) is 13.1. The molecule has 0 heterocycles. The third-order valence-electron chi connectivity index (χ3n) is 4.65. The maximum Gasteiger partial charge on any atom is 0.338 e. The number of aromatic hydroxyl groups is 1. The van der Waals surface area contributed by atoms with Gasteiger partial charge in [-0.05, 0) is 42.8 Å². The number of carboxylic acids is 1. The molecule has 0 unspecified atom stereocenters. The van der Waals surface area contributed by atoms with Gasteiger partial charge in [-0.25, -0.2) is 4.79 Å². The Balaban J connectivity index is 2.06. The summed E-state index contributed by atoms with van der Waals surface area (Å²) in [6.45, 7) is 1.41. The summed E-state index contributed by atoms with van der Waals surface area (Å²) in [5.41, 5.74) is 2.13. The zero-order valence-electron chi connectivity index (χ0n) is 18.3. The molecule has 0 aliphatic carbocycles. The van der Waals surface area contributed by atoms with Crippen LogP contribution in [0.2, 0.25) is 0 Å². The van der Waals surface area contributed by atoms with Gasteiger partial charge in [0, 0.05) is 5.56 Å². The number of rotatable bonds is 7. The first-order valence-electron chi connectivity index (χ1n) is 9.77. The van der Waals surface area contributed by atoms with Crippen LogP contribution in [-0.2, 0) is 10.1 Å². The van der Waals surface area contributed by atoms with Crippen LogP contribution in [-0.4, -0.2) is 48.6 Å². The van der Waals surface area contributed by atoms with E-state index in [1.54, 1.807) is 30.3 Å². The Labute approximate surface area is 206 Å². The molecule has 190 valence electrons. The predicted molar refractivity (Wildman–Crippen MR) is 131 cm³/mol. The van der Waals surface area contributed by atoms with Crippen LogP contribution in [0.5, 0.6) is 5.75 Å². The second kappa shape index (κ2) is 10.4. The molecule has 36 heavy (non-hydrogen) atoms. The van der Waals surface area contributed by atoms with Crippen LogP contribution in [0.25, 0.3) is 0 Å². The minimum absolute atomic E-state index is 0.114. The van der Waals surface area contributed by atoms with Crippen LogP contribution in [0, 0.1) is 6.92 Å². The van der Waals surface area contributed by atoms with E-state index in [2.05, 4.69) is 20.8 Å². The SMILES string of the molecule is Cc1cc(S(=O)(=O)O)cc(N/N=C(\N=Nc2ccc(S(O)(O)O)cc2C(=O)O)c2ccccc2)c1O. The maximum atomic E-state index is 11.6. The second-order valence-corrected chi connectivity index (χ2v) is 10.2. The number of nitrogens with one attached hydrogen (secondary N) is 1. The molecule has 7 N–H and O–H groups in total. The van der Waals surface area contributed by atoms with Crippen LogP contribution in [0.1, 0.15) is 21.5 Å². The molecule has 0 fully saturated rings. The highest BCUT2D eigenvalue weighted by Crippen LogP contribution is 2.44. The van der Waals surface area contributed by atoms with Gasteiger partial charge in [-0.15, -0.1) is 10.2 Å². The highest BCUT2D eigenvalue weighted by molar-refractivity contribution is 8.19. The van der Waals surface area contributed by atoms with Crippen LogP contribution in [0.3, 0.4) is 0 Å². The molecule has 0 aliphatic rings.